The molecule has 1 aromatic rings. The second-order valence-corrected chi connectivity index (χ2v) is 3.62. The van der Waals surface area contributed by atoms with Crippen LogP contribution in [0.4, 0.5) is 0 Å². The Labute approximate surface area is 70.3 Å². The second kappa shape index (κ2) is 1.71. The van der Waals surface area contributed by atoms with Gasteiger partial charge in [-0.25, -0.2) is 0 Å². The molecule has 0 amide bonds. The average Bonchev–Trinajstić information content (AvgIpc) is 2.64. The molecule has 1 fully saturated rings. The molecular weight excluding hydrogens is 150 g/mol. The number of carbonyl (C=O) groups excluding carboxylic acids is 1. The summed E-state index contributed by atoms with van der Waals surface area (Å²) in [5.41, 5.74) is 2.24. The van der Waals surface area contributed by atoms with Crippen molar-refractivity contribution < 1.29 is 4.79 Å². The molecule has 1 N–H and O–H groups in total. The molecule has 1 spiro atoms. The fourth-order valence-corrected chi connectivity index (χ4v) is 1.97. The van der Waals surface area contributed by atoms with Gasteiger partial charge in [0.2, 0.25) is 5.78 Å². The minimum atomic E-state index is 0.118. The Balaban J connectivity index is 2.27. The van der Waals surface area contributed by atoms with E-state index in [1.807, 2.05) is 12.3 Å². The summed E-state index contributed by atoms with van der Waals surface area (Å²) in [4.78, 5) is 14.3. The summed E-state index contributed by atoms with van der Waals surface area (Å²) < 4.78 is 0. The number of nitrogens with one attached hydrogen (secondary N) is 1. The molecule has 1 aromatic heterocycles. The van der Waals surface area contributed by atoms with E-state index in [-0.39, 0.29) is 11.2 Å². The first-order valence-electron chi connectivity index (χ1n) is 4.23. The van der Waals surface area contributed by atoms with E-state index >= 15 is 0 Å². The summed E-state index contributed by atoms with van der Waals surface area (Å²) in [6.45, 7) is 0. The molecule has 0 unspecified atom stereocenters. The number of aromatic nitrogens is 1. The largest absolute Gasteiger partial charge is 0.358 e. The molecule has 0 bridgehead atoms. The predicted octanol–water partition coefficient (Wildman–Crippen LogP) is 1.80. The van der Waals surface area contributed by atoms with Crippen LogP contribution in [-0.4, -0.2) is 10.8 Å². The van der Waals surface area contributed by atoms with Gasteiger partial charge in [0.1, 0.15) is 0 Å². The molecule has 1 heterocycles. The fourth-order valence-electron chi connectivity index (χ4n) is 1.97. The van der Waals surface area contributed by atoms with Gasteiger partial charge in [-0.1, -0.05) is 6.08 Å². The highest BCUT2D eigenvalue weighted by Gasteiger charge is 2.46. The SMILES string of the molecule is O=C1C=CC2(CC2)c2cc[nH]c21. The predicted molar refractivity (Wildman–Crippen MR) is 45.2 cm³/mol. The van der Waals surface area contributed by atoms with E-state index < -0.39 is 0 Å². The van der Waals surface area contributed by atoms with E-state index in [1.165, 1.54) is 18.4 Å². The molecule has 12 heavy (non-hydrogen) atoms. The van der Waals surface area contributed by atoms with E-state index in [0.29, 0.717) is 0 Å². The standard InChI is InChI=1S/C10H9NO/c12-8-1-3-10(4-5-10)7-2-6-11-9(7)8/h1-3,6,11H,4-5H2. The van der Waals surface area contributed by atoms with E-state index in [4.69, 9.17) is 0 Å². The Morgan fingerprint density at radius 2 is 2.25 bits per heavy atom. The van der Waals surface area contributed by atoms with Gasteiger partial charge in [0.05, 0.1) is 5.69 Å². The van der Waals surface area contributed by atoms with Crippen LogP contribution in [0, 0.1) is 0 Å². The van der Waals surface area contributed by atoms with Crippen LogP contribution in [0.15, 0.2) is 24.4 Å². The van der Waals surface area contributed by atoms with Gasteiger partial charge in [-0.15, -0.1) is 0 Å². The molecule has 2 aliphatic carbocycles. The van der Waals surface area contributed by atoms with Crippen LogP contribution < -0.4 is 0 Å². The van der Waals surface area contributed by atoms with E-state index in [9.17, 15) is 4.79 Å². The molecule has 2 aliphatic rings. The maximum absolute atomic E-state index is 11.3. The monoisotopic (exact) mass is 159 g/mol. The van der Waals surface area contributed by atoms with Crippen LogP contribution >= 0.6 is 0 Å². The average molecular weight is 159 g/mol. The van der Waals surface area contributed by atoms with Crippen molar-refractivity contribution >= 4 is 5.78 Å². The minimum Gasteiger partial charge on any atom is -0.358 e. The van der Waals surface area contributed by atoms with E-state index in [1.54, 1.807) is 6.08 Å². The first kappa shape index (κ1) is 6.23. The van der Waals surface area contributed by atoms with Gasteiger partial charge in [0, 0.05) is 11.6 Å². The van der Waals surface area contributed by atoms with Gasteiger partial charge in [-0.05, 0) is 30.5 Å². The lowest BCUT2D eigenvalue weighted by atomic mass is 9.89. The van der Waals surface area contributed by atoms with Crippen molar-refractivity contribution in [1.82, 2.24) is 4.98 Å². The lowest BCUT2D eigenvalue weighted by Crippen LogP contribution is -2.13. The highest BCUT2D eigenvalue weighted by atomic mass is 16.1. The zero-order chi connectivity index (χ0) is 8.18. The number of hydrogen-bond acceptors (Lipinski definition) is 1. The number of H-pyrrole nitrogens is 1. The van der Waals surface area contributed by atoms with Crippen LogP contribution in [-0.2, 0) is 5.41 Å². The molecule has 1 saturated carbocycles. The number of aromatic amines is 1. The number of allylic oxidation sites excluding steroid dienone is 2. The Hall–Kier alpha value is -1.31. The van der Waals surface area contributed by atoms with Crippen LogP contribution in [0.1, 0.15) is 28.9 Å². The quantitative estimate of drug-likeness (QED) is 0.615. The summed E-state index contributed by atoms with van der Waals surface area (Å²) in [6, 6.07) is 2.03. The highest BCUT2D eigenvalue weighted by Crippen LogP contribution is 2.52. The Morgan fingerprint density at radius 1 is 1.42 bits per heavy atom. The third kappa shape index (κ3) is 0.583. The van der Waals surface area contributed by atoms with E-state index in [2.05, 4.69) is 11.1 Å². The molecule has 0 saturated heterocycles. The van der Waals surface area contributed by atoms with Gasteiger partial charge in [0.15, 0.2) is 0 Å². The number of carbonyl (C=O) groups is 1. The van der Waals surface area contributed by atoms with Crippen LogP contribution in [0.25, 0.3) is 0 Å². The molecular formula is C10H9NO. The Morgan fingerprint density at radius 3 is 3.00 bits per heavy atom. The topological polar surface area (TPSA) is 32.9 Å². The molecule has 0 atom stereocenters. The third-order valence-corrected chi connectivity index (χ3v) is 2.87. The number of rotatable bonds is 0. The number of ketones is 1. The van der Waals surface area contributed by atoms with Crippen molar-refractivity contribution in [3.8, 4) is 0 Å². The first-order chi connectivity index (χ1) is 5.82. The zero-order valence-corrected chi connectivity index (χ0v) is 6.63. The molecule has 0 aliphatic heterocycles. The highest BCUT2D eigenvalue weighted by molar-refractivity contribution is 6.06. The first-order valence-corrected chi connectivity index (χ1v) is 4.23. The zero-order valence-electron chi connectivity index (χ0n) is 6.63. The van der Waals surface area contributed by atoms with Crippen molar-refractivity contribution in [2.45, 2.75) is 18.3 Å². The van der Waals surface area contributed by atoms with Gasteiger partial charge in [0.25, 0.3) is 0 Å². The van der Waals surface area contributed by atoms with Crippen molar-refractivity contribution in [1.29, 1.82) is 0 Å². The Kier molecular flexibility index (Phi) is 0.888. The fraction of sp³-hybridized carbons (Fsp3) is 0.300. The maximum atomic E-state index is 11.3. The lowest BCUT2D eigenvalue weighted by Gasteiger charge is -2.14. The van der Waals surface area contributed by atoms with Gasteiger partial charge >= 0.3 is 0 Å². The van der Waals surface area contributed by atoms with Crippen LogP contribution in [0.3, 0.4) is 0 Å². The van der Waals surface area contributed by atoms with Crippen molar-refractivity contribution in [2.24, 2.45) is 0 Å². The molecule has 2 nitrogen and oxygen atoms in total. The number of hydrogen-bond donors (Lipinski definition) is 1. The van der Waals surface area contributed by atoms with Crippen molar-refractivity contribution in [2.75, 3.05) is 0 Å². The van der Waals surface area contributed by atoms with Gasteiger partial charge in [-0.2, -0.15) is 0 Å². The van der Waals surface area contributed by atoms with Gasteiger partial charge in [-0.3, -0.25) is 4.79 Å². The molecule has 2 heteroatoms. The summed E-state index contributed by atoms with van der Waals surface area (Å²) in [5.74, 6) is 0.118. The number of fused-ring (bicyclic) bond motifs is 2. The van der Waals surface area contributed by atoms with E-state index in [0.717, 1.165) is 5.69 Å². The molecule has 60 valence electrons. The Bertz CT molecular complexity index is 382. The van der Waals surface area contributed by atoms with Crippen molar-refractivity contribution in [3.05, 3.63) is 35.7 Å². The van der Waals surface area contributed by atoms with Crippen LogP contribution in [0.2, 0.25) is 0 Å². The summed E-state index contributed by atoms with van der Waals surface area (Å²) in [6.07, 6.45) is 8.01. The van der Waals surface area contributed by atoms with Crippen molar-refractivity contribution in [3.63, 3.8) is 0 Å². The summed E-state index contributed by atoms with van der Waals surface area (Å²) in [7, 11) is 0. The van der Waals surface area contributed by atoms with Crippen LogP contribution in [0.5, 0.6) is 0 Å². The summed E-state index contributed by atoms with van der Waals surface area (Å²) in [5, 5.41) is 0. The lowest BCUT2D eigenvalue weighted by molar-refractivity contribution is 0.103. The second-order valence-electron chi connectivity index (χ2n) is 3.62. The normalized spacial score (nSPS) is 22.8. The van der Waals surface area contributed by atoms with Gasteiger partial charge < -0.3 is 4.98 Å². The molecule has 0 aromatic carbocycles. The minimum absolute atomic E-state index is 0.118. The maximum Gasteiger partial charge on any atom is 0.202 e. The third-order valence-electron chi connectivity index (χ3n) is 2.87. The summed E-state index contributed by atoms with van der Waals surface area (Å²) >= 11 is 0. The molecule has 3 rings (SSSR count). The smallest absolute Gasteiger partial charge is 0.202 e. The molecule has 0 radical (unpaired) electrons.